The molecule has 0 radical (unpaired) electrons. The Balaban J connectivity index is 0.00000137. The summed E-state index contributed by atoms with van der Waals surface area (Å²) in [7, 11) is 0. The van der Waals surface area contributed by atoms with Crippen LogP contribution in [-0.4, -0.2) is 19.0 Å². The first-order valence-corrected chi connectivity index (χ1v) is 6.10. The largest absolute Gasteiger partial charge is 0.465 e. The number of ether oxygens (including phenoxy) is 1. The lowest BCUT2D eigenvalue weighted by Crippen LogP contribution is -2.22. The Bertz CT molecular complexity index is 326. The van der Waals surface area contributed by atoms with E-state index in [1.165, 1.54) is 0 Å². The molecule has 1 atom stereocenters. The van der Waals surface area contributed by atoms with Crippen LogP contribution in [0.2, 0.25) is 0 Å². The second-order valence-electron chi connectivity index (χ2n) is 3.53. The van der Waals surface area contributed by atoms with Crippen molar-refractivity contribution in [2.75, 3.05) is 6.61 Å². The number of hydrogen-bond donors (Lipinski definition) is 0. The zero-order valence-corrected chi connectivity index (χ0v) is 11.0. The van der Waals surface area contributed by atoms with E-state index >= 15 is 0 Å². The minimum absolute atomic E-state index is 0.139. The van der Waals surface area contributed by atoms with E-state index < -0.39 is 18.3 Å². The molecule has 18 heavy (non-hydrogen) atoms. The molecule has 0 saturated carbocycles. The Morgan fingerprint density at radius 2 is 1.78 bits per heavy atom. The zero-order valence-electron chi connectivity index (χ0n) is 11.0. The maximum absolute atomic E-state index is 12.1. The Hall–Kier alpha value is -1.45. The van der Waals surface area contributed by atoms with Crippen molar-refractivity contribution in [3.63, 3.8) is 0 Å². The number of esters is 1. The number of alkyl halides is 2. The van der Waals surface area contributed by atoms with Crippen LogP contribution in [0.3, 0.4) is 0 Å². The average Bonchev–Trinajstić information content (AvgIpc) is 2.41. The van der Waals surface area contributed by atoms with Gasteiger partial charge in [0.25, 0.3) is 6.43 Å². The minimum Gasteiger partial charge on any atom is -0.465 e. The summed E-state index contributed by atoms with van der Waals surface area (Å²) >= 11 is 0. The maximum atomic E-state index is 12.1. The number of halogens is 2. The van der Waals surface area contributed by atoms with E-state index in [1.54, 1.807) is 0 Å². The lowest BCUT2D eigenvalue weighted by molar-refractivity contribution is -0.152. The quantitative estimate of drug-likeness (QED) is 0.753. The highest BCUT2D eigenvalue weighted by atomic mass is 19.3. The van der Waals surface area contributed by atoms with Crippen LogP contribution in [0.4, 0.5) is 8.78 Å². The third kappa shape index (κ3) is 6.33. The molecule has 0 N–H and O–H groups in total. The summed E-state index contributed by atoms with van der Waals surface area (Å²) in [4.78, 5) is 11.1. The molecule has 1 unspecified atom stereocenters. The predicted octanol–water partition coefficient (Wildman–Crippen LogP) is 3.70. The molecule has 4 heteroatoms. The highest BCUT2D eigenvalue weighted by Crippen LogP contribution is 2.10. The first-order chi connectivity index (χ1) is 8.61. The lowest BCUT2D eigenvalue weighted by atomic mass is 10.1. The van der Waals surface area contributed by atoms with Crippen LogP contribution >= 0.6 is 0 Å². The molecule has 0 amide bonds. The number of carbonyl (C=O) groups excluding carboxylic acids is 1. The van der Waals surface area contributed by atoms with E-state index in [4.69, 9.17) is 4.74 Å². The summed E-state index contributed by atoms with van der Waals surface area (Å²) in [5.74, 6) is -2.19. The number of benzene rings is 1. The van der Waals surface area contributed by atoms with E-state index in [0.717, 1.165) is 12.5 Å². The fourth-order valence-electron chi connectivity index (χ4n) is 1.15. The van der Waals surface area contributed by atoms with Crippen LogP contribution < -0.4 is 0 Å². The molecular weight excluding hydrogens is 238 g/mol. The van der Waals surface area contributed by atoms with E-state index in [0.29, 0.717) is 6.42 Å². The first kappa shape index (κ1) is 16.6. The summed E-state index contributed by atoms with van der Waals surface area (Å²) in [6, 6.07) is 9.42. The van der Waals surface area contributed by atoms with Crippen molar-refractivity contribution in [1.82, 2.24) is 0 Å². The summed E-state index contributed by atoms with van der Waals surface area (Å²) in [6.45, 7) is 5.30. The molecule has 0 fully saturated rings. The van der Waals surface area contributed by atoms with Crippen molar-refractivity contribution in [3.8, 4) is 0 Å². The van der Waals surface area contributed by atoms with Gasteiger partial charge in [0.1, 0.15) is 5.92 Å². The predicted molar refractivity (Wildman–Crippen MR) is 67.6 cm³/mol. The van der Waals surface area contributed by atoms with Gasteiger partial charge in [-0.15, -0.1) is 0 Å². The molecule has 0 aliphatic rings. The molecule has 102 valence electrons. The molecule has 0 aliphatic heterocycles. The zero-order chi connectivity index (χ0) is 14.0. The van der Waals surface area contributed by atoms with Gasteiger partial charge in [0.2, 0.25) is 0 Å². The van der Waals surface area contributed by atoms with Gasteiger partial charge in [0.15, 0.2) is 0 Å². The van der Waals surface area contributed by atoms with Crippen LogP contribution in [0, 0.1) is 5.92 Å². The summed E-state index contributed by atoms with van der Waals surface area (Å²) < 4.78 is 29.0. The number of carbonyl (C=O) groups is 1. The van der Waals surface area contributed by atoms with Crippen molar-refractivity contribution < 1.29 is 18.3 Å². The maximum Gasteiger partial charge on any atom is 0.314 e. The number of rotatable bonds is 5. The van der Waals surface area contributed by atoms with Crippen molar-refractivity contribution in [2.45, 2.75) is 33.6 Å². The first-order valence-electron chi connectivity index (χ1n) is 6.10. The molecule has 2 nitrogen and oxygen atoms in total. The Morgan fingerprint density at radius 3 is 2.28 bits per heavy atom. The second kappa shape index (κ2) is 9.57. The molecule has 0 aliphatic carbocycles. The average molecular weight is 258 g/mol. The van der Waals surface area contributed by atoms with Crippen molar-refractivity contribution in [2.24, 2.45) is 5.92 Å². The van der Waals surface area contributed by atoms with Crippen LogP contribution in [-0.2, 0) is 16.0 Å². The van der Waals surface area contributed by atoms with Crippen LogP contribution in [0.1, 0.15) is 26.3 Å². The minimum atomic E-state index is -2.66. The van der Waals surface area contributed by atoms with E-state index in [1.807, 2.05) is 44.2 Å². The van der Waals surface area contributed by atoms with Crippen molar-refractivity contribution in [3.05, 3.63) is 35.9 Å². The molecule has 0 bridgehead atoms. The molecule has 1 aromatic carbocycles. The Labute approximate surface area is 107 Å². The highest BCUT2D eigenvalue weighted by molar-refractivity contribution is 5.72. The van der Waals surface area contributed by atoms with Gasteiger partial charge in [-0.3, -0.25) is 4.79 Å². The third-order valence-electron chi connectivity index (χ3n) is 2.23. The summed E-state index contributed by atoms with van der Waals surface area (Å²) in [5.41, 5.74) is 1.01. The van der Waals surface area contributed by atoms with Crippen LogP contribution in [0.15, 0.2) is 30.3 Å². The number of hydrogen-bond acceptors (Lipinski definition) is 2. The van der Waals surface area contributed by atoms with Gasteiger partial charge in [0.05, 0.1) is 6.61 Å². The molecular formula is C14H20F2O2. The fraction of sp³-hybridized carbons (Fsp3) is 0.500. The van der Waals surface area contributed by atoms with Gasteiger partial charge in [-0.1, -0.05) is 44.2 Å². The van der Waals surface area contributed by atoms with Crippen LogP contribution in [0.5, 0.6) is 0 Å². The topological polar surface area (TPSA) is 26.3 Å². The van der Waals surface area contributed by atoms with Gasteiger partial charge in [-0.25, -0.2) is 8.78 Å². The molecule has 0 aromatic heterocycles. The monoisotopic (exact) mass is 258 g/mol. The summed E-state index contributed by atoms with van der Waals surface area (Å²) in [5, 5.41) is 0. The SMILES string of the molecule is CC.CC(C(=O)OCCc1ccccc1)C(F)F. The Kier molecular flexibility index (Phi) is 8.80. The second-order valence-corrected chi connectivity index (χ2v) is 3.53. The van der Waals surface area contributed by atoms with E-state index in [2.05, 4.69) is 0 Å². The lowest BCUT2D eigenvalue weighted by Gasteiger charge is -2.10. The van der Waals surface area contributed by atoms with Gasteiger partial charge in [-0.05, 0) is 12.5 Å². The highest BCUT2D eigenvalue weighted by Gasteiger charge is 2.24. The van der Waals surface area contributed by atoms with Crippen molar-refractivity contribution in [1.29, 1.82) is 0 Å². The molecule has 0 spiro atoms. The fourth-order valence-corrected chi connectivity index (χ4v) is 1.15. The van der Waals surface area contributed by atoms with E-state index in [9.17, 15) is 13.6 Å². The van der Waals surface area contributed by atoms with Gasteiger partial charge in [0, 0.05) is 6.42 Å². The summed E-state index contributed by atoms with van der Waals surface area (Å²) in [6.07, 6.45) is -2.12. The van der Waals surface area contributed by atoms with Crippen molar-refractivity contribution >= 4 is 5.97 Å². The normalized spacial score (nSPS) is 11.4. The van der Waals surface area contributed by atoms with Gasteiger partial charge < -0.3 is 4.74 Å². The molecule has 1 aromatic rings. The van der Waals surface area contributed by atoms with E-state index in [-0.39, 0.29) is 6.61 Å². The standard InChI is InChI=1S/C12H14F2O2.C2H6/c1-9(11(13)14)12(15)16-8-7-10-5-3-2-4-6-10;1-2/h2-6,9,11H,7-8H2,1H3;1-2H3. The Morgan fingerprint density at radius 1 is 1.22 bits per heavy atom. The van der Waals surface area contributed by atoms with Gasteiger partial charge in [-0.2, -0.15) is 0 Å². The third-order valence-corrected chi connectivity index (χ3v) is 2.23. The smallest absolute Gasteiger partial charge is 0.314 e. The molecule has 1 rings (SSSR count). The molecule has 0 heterocycles. The van der Waals surface area contributed by atoms with Crippen LogP contribution in [0.25, 0.3) is 0 Å². The molecule has 0 saturated heterocycles. The van der Waals surface area contributed by atoms with Gasteiger partial charge >= 0.3 is 5.97 Å².